The summed E-state index contributed by atoms with van der Waals surface area (Å²) in [5.74, 6) is 0.935. The molecule has 0 aromatic carbocycles. The van der Waals surface area contributed by atoms with E-state index >= 15 is 0 Å². The maximum Gasteiger partial charge on any atom is 0.132 e. The van der Waals surface area contributed by atoms with Crippen molar-refractivity contribution in [2.45, 2.75) is 31.6 Å². The monoisotopic (exact) mass is 214 g/mol. The van der Waals surface area contributed by atoms with Gasteiger partial charge in [-0.1, -0.05) is 0 Å². The number of nitrogens with one attached hydrogen (secondary N) is 1. The van der Waals surface area contributed by atoms with E-state index in [1.807, 2.05) is 12.3 Å². The molecule has 0 bridgehead atoms. The third kappa shape index (κ3) is 1.52. The molecule has 0 amide bonds. The average Bonchev–Trinajstić information content (AvgIpc) is 2.74. The molecule has 16 heavy (non-hydrogen) atoms. The summed E-state index contributed by atoms with van der Waals surface area (Å²) in [5.41, 5.74) is 2.47. The Morgan fingerprint density at radius 3 is 2.94 bits per heavy atom. The number of aromatic nitrogens is 2. The smallest absolute Gasteiger partial charge is 0.132 e. The highest BCUT2D eigenvalue weighted by atomic mass is 16.1. The van der Waals surface area contributed by atoms with Crippen LogP contribution in [0.15, 0.2) is 24.7 Å². The Bertz CT molecular complexity index is 519. The van der Waals surface area contributed by atoms with Gasteiger partial charge in [-0.2, -0.15) is 0 Å². The summed E-state index contributed by atoms with van der Waals surface area (Å²) < 4.78 is 0. The highest BCUT2D eigenvalue weighted by molar-refractivity contribution is 5.84. The number of ketones is 1. The van der Waals surface area contributed by atoms with Crippen molar-refractivity contribution in [3.05, 3.63) is 30.2 Å². The van der Waals surface area contributed by atoms with Crippen LogP contribution in [0.4, 0.5) is 0 Å². The number of fused-ring (bicyclic) bond motifs is 1. The second-order valence-electron chi connectivity index (χ2n) is 4.48. The number of H-pyrrole nitrogens is 1. The van der Waals surface area contributed by atoms with E-state index in [-0.39, 0.29) is 0 Å². The molecular weight excluding hydrogens is 200 g/mol. The molecule has 0 unspecified atom stereocenters. The number of nitrogens with zero attached hydrogens (tertiary/aromatic N) is 1. The predicted molar refractivity (Wildman–Crippen MR) is 62.3 cm³/mol. The fourth-order valence-electron chi connectivity index (χ4n) is 2.57. The lowest BCUT2D eigenvalue weighted by Crippen LogP contribution is -2.11. The molecule has 1 fully saturated rings. The van der Waals surface area contributed by atoms with Crippen molar-refractivity contribution in [3.63, 3.8) is 0 Å². The summed E-state index contributed by atoms with van der Waals surface area (Å²) >= 11 is 0. The van der Waals surface area contributed by atoms with Gasteiger partial charge in [0.15, 0.2) is 0 Å². The Labute approximate surface area is 93.9 Å². The topological polar surface area (TPSA) is 45.8 Å². The molecule has 2 heterocycles. The van der Waals surface area contributed by atoms with Gasteiger partial charge in [0.2, 0.25) is 0 Å². The van der Waals surface area contributed by atoms with Crippen molar-refractivity contribution < 1.29 is 4.79 Å². The fourth-order valence-corrected chi connectivity index (χ4v) is 2.57. The Balaban J connectivity index is 1.97. The number of hydrogen-bond acceptors (Lipinski definition) is 2. The minimum atomic E-state index is 0.411. The van der Waals surface area contributed by atoms with Crippen molar-refractivity contribution in [1.29, 1.82) is 0 Å². The van der Waals surface area contributed by atoms with Gasteiger partial charge in [0.1, 0.15) is 5.78 Å². The van der Waals surface area contributed by atoms with Gasteiger partial charge in [0.05, 0.1) is 0 Å². The van der Waals surface area contributed by atoms with Crippen molar-refractivity contribution in [2.75, 3.05) is 0 Å². The largest absolute Gasteiger partial charge is 0.361 e. The van der Waals surface area contributed by atoms with Crippen molar-refractivity contribution >= 4 is 16.7 Å². The number of Topliss-reactive ketones (excluding diaryl/α,β-unsaturated/α-hetero) is 1. The zero-order valence-corrected chi connectivity index (χ0v) is 9.07. The molecule has 1 N–H and O–H groups in total. The number of hydrogen-bond donors (Lipinski definition) is 1. The van der Waals surface area contributed by atoms with Gasteiger partial charge in [-0.15, -0.1) is 0 Å². The van der Waals surface area contributed by atoms with Gasteiger partial charge >= 0.3 is 0 Å². The first-order valence-electron chi connectivity index (χ1n) is 5.77. The van der Waals surface area contributed by atoms with E-state index in [9.17, 15) is 4.79 Å². The predicted octanol–water partition coefficient (Wildman–Crippen LogP) is 2.79. The van der Waals surface area contributed by atoms with Crippen LogP contribution >= 0.6 is 0 Å². The quantitative estimate of drug-likeness (QED) is 0.793. The van der Waals surface area contributed by atoms with Crippen LogP contribution in [0, 0.1) is 0 Å². The van der Waals surface area contributed by atoms with Crippen LogP contribution in [0.3, 0.4) is 0 Å². The molecule has 0 radical (unpaired) electrons. The minimum absolute atomic E-state index is 0.411. The molecule has 3 heteroatoms. The summed E-state index contributed by atoms with van der Waals surface area (Å²) in [6, 6.07) is 1.99. The number of aromatic amines is 1. The molecular formula is C13H14N2O. The number of carbonyl (C=O) groups is 1. The van der Waals surface area contributed by atoms with Crippen molar-refractivity contribution in [3.8, 4) is 0 Å². The van der Waals surface area contributed by atoms with Gasteiger partial charge in [0, 0.05) is 42.3 Å². The molecule has 82 valence electrons. The van der Waals surface area contributed by atoms with E-state index in [1.54, 1.807) is 6.20 Å². The molecule has 0 aliphatic heterocycles. The SMILES string of the molecule is O=C1CCC(c2c[nH]c3ccncc23)CC1. The summed E-state index contributed by atoms with van der Waals surface area (Å²) in [6.07, 6.45) is 9.23. The number of rotatable bonds is 1. The molecule has 0 atom stereocenters. The summed E-state index contributed by atoms with van der Waals surface area (Å²) in [4.78, 5) is 18.7. The Morgan fingerprint density at radius 2 is 2.12 bits per heavy atom. The second-order valence-corrected chi connectivity index (χ2v) is 4.48. The third-order valence-electron chi connectivity index (χ3n) is 3.50. The lowest BCUT2D eigenvalue weighted by atomic mass is 9.83. The second kappa shape index (κ2) is 3.74. The Hall–Kier alpha value is -1.64. The average molecular weight is 214 g/mol. The zero-order valence-electron chi connectivity index (χ0n) is 9.07. The molecule has 3 rings (SSSR count). The number of pyridine rings is 1. The van der Waals surface area contributed by atoms with Gasteiger partial charge in [-0.25, -0.2) is 0 Å². The molecule has 1 aliphatic rings. The van der Waals surface area contributed by atoms with Crippen molar-refractivity contribution in [2.24, 2.45) is 0 Å². The first kappa shape index (κ1) is 9.58. The molecule has 0 spiro atoms. The van der Waals surface area contributed by atoms with Crippen LogP contribution in [-0.2, 0) is 4.79 Å². The van der Waals surface area contributed by atoms with E-state index in [0.717, 1.165) is 31.2 Å². The lowest BCUT2D eigenvalue weighted by Gasteiger charge is -2.20. The fraction of sp³-hybridized carbons (Fsp3) is 0.385. The van der Waals surface area contributed by atoms with Gasteiger partial charge in [0.25, 0.3) is 0 Å². The van der Waals surface area contributed by atoms with Crippen LogP contribution < -0.4 is 0 Å². The maximum atomic E-state index is 11.2. The van der Waals surface area contributed by atoms with E-state index in [0.29, 0.717) is 11.7 Å². The third-order valence-corrected chi connectivity index (χ3v) is 3.50. The highest BCUT2D eigenvalue weighted by Crippen LogP contribution is 2.34. The molecule has 2 aromatic rings. The summed E-state index contributed by atoms with van der Waals surface area (Å²) in [7, 11) is 0. The van der Waals surface area contributed by atoms with Crippen LogP contribution in [0.1, 0.15) is 37.2 Å². The normalized spacial score (nSPS) is 18.1. The molecule has 2 aromatic heterocycles. The van der Waals surface area contributed by atoms with Gasteiger partial charge in [-0.3, -0.25) is 9.78 Å². The Morgan fingerprint density at radius 1 is 1.31 bits per heavy atom. The molecule has 1 aliphatic carbocycles. The Kier molecular flexibility index (Phi) is 2.24. The van der Waals surface area contributed by atoms with E-state index in [4.69, 9.17) is 0 Å². The first-order chi connectivity index (χ1) is 7.84. The summed E-state index contributed by atoms with van der Waals surface area (Å²) in [5, 5.41) is 1.21. The van der Waals surface area contributed by atoms with Gasteiger partial charge in [-0.05, 0) is 30.4 Å². The zero-order chi connectivity index (χ0) is 11.0. The number of carbonyl (C=O) groups excluding carboxylic acids is 1. The minimum Gasteiger partial charge on any atom is -0.361 e. The van der Waals surface area contributed by atoms with Crippen LogP contribution in [0.2, 0.25) is 0 Å². The van der Waals surface area contributed by atoms with E-state index < -0.39 is 0 Å². The summed E-state index contributed by atoms with van der Waals surface area (Å²) in [6.45, 7) is 0. The van der Waals surface area contributed by atoms with Crippen LogP contribution in [-0.4, -0.2) is 15.8 Å². The molecule has 1 saturated carbocycles. The standard InChI is InChI=1S/C13H14N2O/c16-10-3-1-9(2-4-10)11-8-15-13-5-6-14-7-12(11)13/h5-9,15H,1-4H2. The van der Waals surface area contributed by atoms with E-state index in [1.165, 1.54) is 10.9 Å². The van der Waals surface area contributed by atoms with E-state index in [2.05, 4.69) is 16.2 Å². The highest BCUT2D eigenvalue weighted by Gasteiger charge is 2.22. The van der Waals surface area contributed by atoms with Crippen molar-refractivity contribution in [1.82, 2.24) is 9.97 Å². The van der Waals surface area contributed by atoms with Crippen LogP contribution in [0.25, 0.3) is 10.9 Å². The first-order valence-corrected chi connectivity index (χ1v) is 5.77. The maximum absolute atomic E-state index is 11.2. The lowest BCUT2D eigenvalue weighted by molar-refractivity contribution is -0.120. The van der Waals surface area contributed by atoms with Crippen LogP contribution in [0.5, 0.6) is 0 Å². The van der Waals surface area contributed by atoms with Gasteiger partial charge < -0.3 is 4.98 Å². The molecule has 0 saturated heterocycles. The molecule has 3 nitrogen and oxygen atoms in total.